The normalized spacial score (nSPS) is 14.0. The Kier molecular flexibility index (Phi) is 5.33. The van der Waals surface area contributed by atoms with Gasteiger partial charge in [0.15, 0.2) is 5.69 Å². The molecule has 1 saturated heterocycles. The van der Waals surface area contributed by atoms with Crippen LogP contribution in [0.1, 0.15) is 10.5 Å². The first-order chi connectivity index (χ1) is 14.2. The van der Waals surface area contributed by atoms with Crippen LogP contribution in [0.2, 0.25) is 0 Å². The highest BCUT2D eigenvalue weighted by Crippen LogP contribution is 2.24. The summed E-state index contributed by atoms with van der Waals surface area (Å²) in [5.41, 5.74) is 2.20. The van der Waals surface area contributed by atoms with E-state index in [0.717, 1.165) is 24.5 Å². The number of para-hydroxylation sites is 2. The van der Waals surface area contributed by atoms with Gasteiger partial charge in [-0.05, 0) is 24.3 Å². The minimum Gasteiger partial charge on any atom is -0.497 e. The molecular formula is C21H23N5O3. The van der Waals surface area contributed by atoms with Gasteiger partial charge < -0.3 is 19.3 Å². The number of ether oxygens (including phenoxy) is 2. The van der Waals surface area contributed by atoms with E-state index in [9.17, 15) is 4.79 Å². The number of carbonyl (C=O) groups is 1. The first kappa shape index (κ1) is 18.8. The molecule has 0 radical (unpaired) electrons. The quantitative estimate of drug-likeness (QED) is 0.662. The molecule has 8 nitrogen and oxygen atoms in total. The number of anilines is 1. The number of nitrogens with zero attached hydrogens (tertiary/aromatic N) is 5. The molecular weight excluding hydrogens is 370 g/mol. The number of piperazine rings is 1. The molecule has 1 aromatic heterocycles. The van der Waals surface area contributed by atoms with E-state index in [4.69, 9.17) is 9.47 Å². The maximum absolute atomic E-state index is 13.1. The summed E-state index contributed by atoms with van der Waals surface area (Å²) in [5, 5.41) is 8.06. The lowest BCUT2D eigenvalue weighted by Crippen LogP contribution is -2.49. The van der Waals surface area contributed by atoms with Crippen LogP contribution in [0.5, 0.6) is 11.5 Å². The number of amides is 1. The van der Waals surface area contributed by atoms with Crippen molar-refractivity contribution in [1.82, 2.24) is 19.9 Å². The lowest BCUT2D eigenvalue weighted by molar-refractivity contribution is 0.0737. The van der Waals surface area contributed by atoms with E-state index < -0.39 is 0 Å². The molecule has 0 unspecified atom stereocenters. The van der Waals surface area contributed by atoms with Gasteiger partial charge in [-0.15, -0.1) is 5.10 Å². The number of hydrogen-bond acceptors (Lipinski definition) is 6. The van der Waals surface area contributed by atoms with Gasteiger partial charge in [0.2, 0.25) is 0 Å². The van der Waals surface area contributed by atoms with Gasteiger partial charge >= 0.3 is 0 Å². The van der Waals surface area contributed by atoms with Gasteiger partial charge in [0, 0.05) is 37.9 Å². The van der Waals surface area contributed by atoms with Gasteiger partial charge in [-0.25, -0.2) is 4.68 Å². The van der Waals surface area contributed by atoms with Crippen LogP contribution in [0.25, 0.3) is 5.69 Å². The number of methoxy groups -OCH3 is 2. The maximum atomic E-state index is 13.1. The van der Waals surface area contributed by atoms with E-state index in [1.165, 1.54) is 10.9 Å². The van der Waals surface area contributed by atoms with Crippen LogP contribution in [-0.4, -0.2) is 66.2 Å². The molecule has 29 heavy (non-hydrogen) atoms. The molecule has 1 aliphatic rings. The molecule has 0 spiro atoms. The fourth-order valence-electron chi connectivity index (χ4n) is 3.50. The highest BCUT2D eigenvalue weighted by molar-refractivity contribution is 5.93. The van der Waals surface area contributed by atoms with E-state index in [1.807, 2.05) is 47.4 Å². The fraction of sp³-hybridized carbons (Fsp3) is 0.286. The van der Waals surface area contributed by atoms with Crippen LogP contribution >= 0.6 is 0 Å². The molecule has 0 atom stereocenters. The fourth-order valence-corrected chi connectivity index (χ4v) is 3.50. The Morgan fingerprint density at radius 3 is 2.52 bits per heavy atom. The lowest BCUT2D eigenvalue weighted by atomic mass is 10.2. The summed E-state index contributed by atoms with van der Waals surface area (Å²) >= 11 is 0. The number of benzene rings is 2. The van der Waals surface area contributed by atoms with Crippen molar-refractivity contribution in [1.29, 1.82) is 0 Å². The molecule has 1 aliphatic heterocycles. The first-order valence-corrected chi connectivity index (χ1v) is 9.43. The van der Waals surface area contributed by atoms with Crippen LogP contribution in [0.15, 0.2) is 54.7 Å². The van der Waals surface area contributed by atoms with E-state index in [2.05, 4.69) is 21.3 Å². The second kappa shape index (κ2) is 8.22. The molecule has 3 aromatic rings. The van der Waals surface area contributed by atoms with Crippen molar-refractivity contribution >= 4 is 11.6 Å². The van der Waals surface area contributed by atoms with E-state index >= 15 is 0 Å². The lowest BCUT2D eigenvalue weighted by Gasteiger charge is -2.36. The highest BCUT2D eigenvalue weighted by atomic mass is 16.5. The second-order valence-electron chi connectivity index (χ2n) is 6.68. The average molecular weight is 393 g/mol. The molecule has 0 aliphatic carbocycles. The Labute approximate surface area is 169 Å². The zero-order valence-corrected chi connectivity index (χ0v) is 16.5. The summed E-state index contributed by atoms with van der Waals surface area (Å²) in [6, 6.07) is 15.4. The smallest absolute Gasteiger partial charge is 0.274 e. The molecule has 8 heteroatoms. The van der Waals surface area contributed by atoms with Crippen molar-refractivity contribution in [3.63, 3.8) is 0 Å². The van der Waals surface area contributed by atoms with Crippen molar-refractivity contribution in [2.75, 3.05) is 45.3 Å². The topological polar surface area (TPSA) is 72.7 Å². The van der Waals surface area contributed by atoms with Crippen LogP contribution in [0.3, 0.4) is 0 Å². The summed E-state index contributed by atoms with van der Waals surface area (Å²) < 4.78 is 12.2. The maximum Gasteiger partial charge on any atom is 0.274 e. The predicted molar refractivity (Wildman–Crippen MR) is 109 cm³/mol. The van der Waals surface area contributed by atoms with Crippen LogP contribution in [0, 0.1) is 0 Å². The van der Waals surface area contributed by atoms with E-state index in [0.29, 0.717) is 30.2 Å². The zero-order chi connectivity index (χ0) is 20.2. The molecule has 2 aromatic carbocycles. The first-order valence-electron chi connectivity index (χ1n) is 9.43. The molecule has 1 amide bonds. The Morgan fingerprint density at radius 1 is 0.966 bits per heavy atom. The van der Waals surface area contributed by atoms with Crippen molar-refractivity contribution < 1.29 is 14.3 Å². The van der Waals surface area contributed by atoms with Gasteiger partial charge in [-0.3, -0.25) is 4.79 Å². The molecule has 0 bridgehead atoms. The number of carbonyl (C=O) groups excluding carboxylic acids is 1. The van der Waals surface area contributed by atoms with Crippen molar-refractivity contribution in [2.45, 2.75) is 0 Å². The summed E-state index contributed by atoms with van der Waals surface area (Å²) in [6.45, 7) is 2.73. The number of rotatable bonds is 5. The number of hydrogen-bond donors (Lipinski definition) is 0. The monoisotopic (exact) mass is 393 g/mol. The van der Waals surface area contributed by atoms with Crippen molar-refractivity contribution in [2.24, 2.45) is 0 Å². The predicted octanol–water partition coefficient (Wildman–Crippen LogP) is 2.25. The summed E-state index contributed by atoms with van der Waals surface area (Å²) in [7, 11) is 3.25. The third-order valence-electron chi connectivity index (χ3n) is 5.07. The van der Waals surface area contributed by atoms with Crippen LogP contribution < -0.4 is 14.4 Å². The SMILES string of the molecule is COc1cccc(N2CCN(C(=O)c3cnnn3-c3ccccc3OC)CC2)c1. The third kappa shape index (κ3) is 3.73. The number of aromatic nitrogens is 3. The van der Waals surface area contributed by atoms with Crippen molar-refractivity contribution in [3.05, 3.63) is 60.4 Å². The standard InChI is InChI=1S/C21H23N5O3/c1-28-17-7-5-6-16(14-17)24-10-12-25(13-11-24)21(27)19-15-22-23-26(19)18-8-3-4-9-20(18)29-2/h3-9,14-15H,10-13H2,1-2H3. The second-order valence-corrected chi connectivity index (χ2v) is 6.68. The van der Waals surface area contributed by atoms with Crippen molar-refractivity contribution in [3.8, 4) is 17.2 Å². The molecule has 4 rings (SSSR count). The molecule has 0 saturated carbocycles. The van der Waals surface area contributed by atoms with Gasteiger partial charge in [0.1, 0.15) is 17.2 Å². The highest BCUT2D eigenvalue weighted by Gasteiger charge is 2.26. The summed E-state index contributed by atoms with van der Waals surface area (Å²) in [6.07, 6.45) is 1.50. The minimum atomic E-state index is -0.0915. The van der Waals surface area contributed by atoms with E-state index in [-0.39, 0.29) is 5.91 Å². The Morgan fingerprint density at radius 2 is 1.76 bits per heavy atom. The molecule has 1 fully saturated rings. The minimum absolute atomic E-state index is 0.0915. The van der Waals surface area contributed by atoms with Crippen LogP contribution in [0.4, 0.5) is 5.69 Å². The molecule has 150 valence electrons. The van der Waals surface area contributed by atoms with Gasteiger partial charge in [0.05, 0.1) is 20.4 Å². The van der Waals surface area contributed by atoms with E-state index in [1.54, 1.807) is 14.2 Å². The third-order valence-corrected chi connectivity index (χ3v) is 5.07. The average Bonchev–Trinajstić information content (AvgIpc) is 3.28. The van der Waals surface area contributed by atoms with Gasteiger partial charge in [-0.2, -0.15) is 0 Å². The molecule has 2 heterocycles. The Balaban J connectivity index is 1.49. The van der Waals surface area contributed by atoms with Crippen LogP contribution in [-0.2, 0) is 0 Å². The Bertz CT molecular complexity index is 995. The zero-order valence-electron chi connectivity index (χ0n) is 16.5. The largest absolute Gasteiger partial charge is 0.497 e. The summed E-state index contributed by atoms with van der Waals surface area (Å²) in [5.74, 6) is 1.37. The summed E-state index contributed by atoms with van der Waals surface area (Å²) in [4.78, 5) is 17.2. The van der Waals surface area contributed by atoms with Gasteiger partial charge in [-0.1, -0.05) is 23.4 Å². The molecule has 0 N–H and O–H groups in total. The van der Waals surface area contributed by atoms with Gasteiger partial charge in [0.25, 0.3) is 5.91 Å². The Hall–Kier alpha value is -3.55.